The van der Waals surface area contributed by atoms with E-state index < -0.39 is 0 Å². The molecule has 7 heteroatoms. The number of carbonyl (C=O) groups is 1. The molecule has 2 saturated heterocycles. The van der Waals surface area contributed by atoms with Crippen molar-refractivity contribution in [3.8, 4) is 0 Å². The summed E-state index contributed by atoms with van der Waals surface area (Å²) in [6.45, 7) is 9.01. The summed E-state index contributed by atoms with van der Waals surface area (Å²) in [5, 5.41) is 3.31. The number of rotatable bonds is 5. The second kappa shape index (κ2) is 11.7. The molecule has 0 aromatic heterocycles. The SMILES string of the molecule is CNC1CCCN(C(=O)CCN2CCN(c3cccc(C)c3)CC2)C1.Cl.Cl. The van der Waals surface area contributed by atoms with Gasteiger partial charge in [0.25, 0.3) is 0 Å². The van der Waals surface area contributed by atoms with E-state index in [0.29, 0.717) is 18.4 Å². The second-order valence-corrected chi connectivity index (χ2v) is 7.39. The van der Waals surface area contributed by atoms with Crippen molar-refractivity contribution < 1.29 is 4.79 Å². The van der Waals surface area contributed by atoms with E-state index in [4.69, 9.17) is 0 Å². The summed E-state index contributed by atoms with van der Waals surface area (Å²) in [7, 11) is 1.99. The molecule has 2 aliphatic rings. The number of likely N-dealkylation sites (N-methyl/N-ethyl adjacent to an activating group) is 1. The van der Waals surface area contributed by atoms with Crippen LogP contribution < -0.4 is 10.2 Å². The predicted molar refractivity (Wildman–Crippen MR) is 118 cm³/mol. The van der Waals surface area contributed by atoms with Gasteiger partial charge in [0, 0.05) is 64.0 Å². The van der Waals surface area contributed by atoms with Crippen molar-refractivity contribution in [2.45, 2.75) is 32.2 Å². The standard InChI is InChI=1S/C20H32N4O.2ClH/c1-17-5-3-7-19(15-17)23-13-11-22(12-14-23)10-8-20(25)24-9-4-6-18(16-24)21-2;;/h3,5,7,15,18,21H,4,6,8-14,16H2,1-2H3;2*1H. The van der Waals surface area contributed by atoms with E-state index in [-0.39, 0.29) is 24.8 Å². The van der Waals surface area contributed by atoms with Crippen LogP contribution in [0.15, 0.2) is 24.3 Å². The van der Waals surface area contributed by atoms with Crippen LogP contribution in [0.4, 0.5) is 5.69 Å². The van der Waals surface area contributed by atoms with Crippen LogP contribution in [0, 0.1) is 6.92 Å². The maximum absolute atomic E-state index is 12.5. The highest BCUT2D eigenvalue weighted by atomic mass is 35.5. The largest absolute Gasteiger partial charge is 0.369 e. The van der Waals surface area contributed by atoms with Crippen LogP contribution in [-0.4, -0.2) is 74.6 Å². The number of piperazine rings is 1. The van der Waals surface area contributed by atoms with Crippen molar-refractivity contribution in [3.05, 3.63) is 29.8 Å². The zero-order valence-corrected chi connectivity index (χ0v) is 18.2. The fraction of sp³-hybridized carbons (Fsp3) is 0.650. The fourth-order valence-corrected chi connectivity index (χ4v) is 3.91. The van der Waals surface area contributed by atoms with Crippen LogP contribution in [0.25, 0.3) is 0 Å². The van der Waals surface area contributed by atoms with Gasteiger partial charge in [-0.1, -0.05) is 12.1 Å². The van der Waals surface area contributed by atoms with Gasteiger partial charge in [-0.2, -0.15) is 0 Å². The second-order valence-electron chi connectivity index (χ2n) is 7.39. The Hall–Kier alpha value is -1.01. The van der Waals surface area contributed by atoms with Gasteiger partial charge < -0.3 is 15.1 Å². The lowest BCUT2D eigenvalue weighted by molar-refractivity contribution is -0.132. The summed E-state index contributed by atoms with van der Waals surface area (Å²) < 4.78 is 0. The molecule has 1 N–H and O–H groups in total. The smallest absolute Gasteiger partial charge is 0.223 e. The Balaban J connectivity index is 0.00000182. The Labute approximate surface area is 176 Å². The van der Waals surface area contributed by atoms with Crippen molar-refractivity contribution in [1.29, 1.82) is 0 Å². The third-order valence-corrected chi connectivity index (χ3v) is 5.56. The molecule has 0 bridgehead atoms. The summed E-state index contributed by atoms with van der Waals surface area (Å²) in [5.41, 5.74) is 2.63. The minimum Gasteiger partial charge on any atom is -0.369 e. The van der Waals surface area contributed by atoms with Crippen LogP contribution >= 0.6 is 24.8 Å². The summed E-state index contributed by atoms with van der Waals surface area (Å²) in [6.07, 6.45) is 2.95. The van der Waals surface area contributed by atoms with Gasteiger partial charge in [-0.25, -0.2) is 0 Å². The summed E-state index contributed by atoms with van der Waals surface area (Å²) >= 11 is 0. The molecule has 2 fully saturated rings. The fourth-order valence-electron chi connectivity index (χ4n) is 3.91. The van der Waals surface area contributed by atoms with E-state index in [0.717, 1.165) is 52.2 Å². The zero-order valence-electron chi connectivity index (χ0n) is 16.5. The van der Waals surface area contributed by atoms with Crippen LogP contribution in [0.2, 0.25) is 0 Å². The van der Waals surface area contributed by atoms with Crippen LogP contribution in [0.5, 0.6) is 0 Å². The van der Waals surface area contributed by atoms with Crippen molar-refractivity contribution >= 4 is 36.4 Å². The number of hydrogen-bond acceptors (Lipinski definition) is 4. The number of nitrogens with zero attached hydrogens (tertiary/aromatic N) is 3. The van der Waals surface area contributed by atoms with Gasteiger partial charge in [-0.05, 0) is 44.5 Å². The number of nitrogens with one attached hydrogen (secondary N) is 1. The molecule has 1 atom stereocenters. The molecule has 0 radical (unpaired) electrons. The Morgan fingerprint density at radius 1 is 1.15 bits per heavy atom. The van der Waals surface area contributed by atoms with E-state index in [1.54, 1.807) is 0 Å². The third kappa shape index (κ3) is 6.83. The first-order valence-electron chi connectivity index (χ1n) is 9.65. The maximum Gasteiger partial charge on any atom is 0.223 e. The molecule has 5 nitrogen and oxygen atoms in total. The number of hydrogen-bond donors (Lipinski definition) is 1. The zero-order chi connectivity index (χ0) is 17.6. The molecule has 27 heavy (non-hydrogen) atoms. The lowest BCUT2D eigenvalue weighted by Crippen LogP contribution is -2.49. The van der Waals surface area contributed by atoms with Crippen LogP contribution in [-0.2, 0) is 4.79 Å². The van der Waals surface area contributed by atoms with Crippen molar-refractivity contribution in [1.82, 2.24) is 15.1 Å². The molecule has 154 valence electrons. The van der Waals surface area contributed by atoms with E-state index >= 15 is 0 Å². The Morgan fingerprint density at radius 3 is 2.56 bits per heavy atom. The highest BCUT2D eigenvalue weighted by Crippen LogP contribution is 2.18. The normalized spacial score (nSPS) is 20.6. The quantitative estimate of drug-likeness (QED) is 0.800. The van der Waals surface area contributed by atoms with Gasteiger partial charge in [-0.3, -0.25) is 9.69 Å². The number of amides is 1. The van der Waals surface area contributed by atoms with E-state index in [2.05, 4.69) is 46.3 Å². The molecular formula is C20H34Cl2N4O. The summed E-state index contributed by atoms with van der Waals surface area (Å²) in [6, 6.07) is 9.20. The first-order chi connectivity index (χ1) is 12.2. The van der Waals surface area contributed by atoms with Crippen molar-refractivity contribution in [2.24, 2.45) is 0 Å². The molecule has 0 spiro atoms. The van der Waals surface area contributed by atoms with Gasteiger partial charge in [0.2, 0.25) is 5.91 Å². The number of benzene rings is 1. The van der Waals surface area contributed by atoms with Gasteiger partial charge in [0.1, 0.15) is 0 Å². The topological polar surface area (TPSA) is 38.8 Å². The number of likely N-dealkylation sites (tertiary alicyclic amines) is 1. The molecular weight excluding hydrogens is 383 g/mol. The van der Waals surface area contributed by atoms with Crippen LogP contribution in [0.3, 0.4) is 0 Å². The number of aryl methyl sites for hydroxylation is 1. The molecule has 1 unspecified atom stereocenters. The van der Waals surface area contributed by atoms with Gasteiger partial charge >= 0.3 is 0 Å². The minimum absolute atomic E-state index is 0. The number of carbonyl (C=O) groups excluding carboxylic acids is 1. The van der Waals surface area contributed by atoms with E-state index in [1.807, 2.05) is 11.9 Å². The van der Waals surface area contributed by atoms with E-state index in [9.17, 15) is 4.79 Å². The third-order valence-electron chi connectivity index (χ3n) is 5.56. The van der Waals surface area contributed by atoms with Gasteiger partial charge in [0.05, 0.1) is 0 Å². The maximum atomic E-state index is 12.5. The monoisotopic (exact) mass is 416 g/mol. The van der Waals surface area contributed by atoms with Gasteiger partial charge in [0.15, 0.2) is 0 Å². The average molecular weight is 417 g/mol. The first kappa shape index (κ1) is 24.0. The van der Waals surface area contributed by atoms with E-state index in [1.165, 1.54) is 17.7 Å². The van der Waals surface area contributed by atoms with Crippen molar-refractivity contribution in [3.63, 3.8) is 0 Å². The minimum atomic E-state index is 0. The molecule has 2 heterocycles. The molecule has 0 aliphatic carbocycles. The number of halogens is 2. The number of piperidine rings is 1. The highest BCUT2D eigenvalue weighted by molar-refractivity contribution is 5.85. The molecule has 1 amide bonds. The Bertz CT molecular complexity index is 579. The van der Waals surface area contributed by atoms with Gasteiger partial charge in [-0.15, -0.1) is 24.8 Å². The highest BCUT2D eigenvalue weighted by Gasteiger charge is 2.23. The number of anilines is 1. The lowest BCUT2D eigenvalue weighted by atomic mass is 10.1. The molecule has 0 saturated carbocycles. The molecule has 1 aromatic rings. The lowest BCUT2D eigenvalue weighted by Gasteiger charge is -2.37. The first-order valence-corrected chi connectivity index (χ1v) is 9.65. The molecule has 1 aromatic carbocycles. The molecule has 3 rings (SSSR count). The molecule has 2 aliphatic heterocycles. The average Bonchev–Trinajstić information content (AvgIpc) is 2.66. The summed E-state index contributed by atoms with van der Waals surface area (Å²) in [5.74, 6) is 0.320. The predicted octanol–water partition coefficient (Wildman–Crippen LogP) is 2.56. The van der Waals surface area contributed by atoms with Crippen LogP contribution in [0.1, 0.15) is 24.8 Å². The Morgan fingerprint density at radius 2 is 1.89 bits per heavy atom. The van der Waals surface area contributed by atoms with Crippen molar-refractivity contribution in [2.75, 3.05) is 57.8 Å². The Kier molecular flexibility index (Phi) is 10.5. The summed E-state index contributed by atoms with van der Waals surface area (Å²) in [4.78, 5) is 19.4.